The second-order valence-corrected chi connectivity index (χ2v) is 5.44. The highest BCUT2D eigenvalue weighted by atomic mass is 19.4. The molecule has 0 bridgehead atoms. The first-order valence-corrected chi connectivity index (χ1v) is 7.65. The number of hydrogen-bond donors (Lipinski definition) is 2. The quantitative estimate of drug-likeness (QED) is 0.785. The maximum atomic E-state index is 12.1. The van der Waals surface area contributed by atoms with Gasteiger partial charge in [0.05, 0.1) is 6.26 Å². The van der Waals surface area contributed by atoms with Crippen molar-refractivity contribution in [3.63, 3.8) is 0 Å². The highest BCUT2D eigenvalue weighted by molar-refractivity contribution is 5.95. The van der Waals surface area contributed by atoms with E-state index in [9.17, 15) is 22.8 Å². The van der Waals surface area contributed by atoms with Crippen LogP contribution in [-0.4, -0.2) is 30.6 Å². The summed E-state index contributed by atoms with van der Waals surface area (Å²) in [6.45, 7) is 0.305. The number of benzene rings is 1. The van der Waals surface area contributed by atoms with Crippen LogP contribution < -0.4 is 15.4 Å². The molecule has 1 aromatic carbocycles. The van der Waals surface area contributed by atoms with E-state index in [1.54, 1.807) is 6.07 Å². The van der Waals surface area contributed by atoms with Crippen LogP contribution in [0.3, 0.4) is 0 Å². The van der Waals surface area contributed by atoms with Crippen molar-refractivity contribution >= 4 is 11.8 Å². The van der Waals surface area contributed by atoms with Gasteiger partial charge >= 0.3 is 6.18 Å². The number of carbonyl (C=O) groups excluding carboxylic acids is 2. The standard InChI is InChI=1S/C17H17F3N2O4/c1-11(22-16(24)14-3-2-8-25-14)15(23)21-9-12-4-6-13(7-5-12)26-10-17(18,19)20/h2-8,11H,9-10H2,1H3,(H,21,23)(H,22,24). The van der Waals surface area contributed by atoms with E-state index in [1.165, 1.54) is 43.5 Å². The summed E-state index contributed by atoms with van der Waals surface area (Å²) in [7, 11) is 0. The minimum atomic E-state index is -4.40. The molecule has 6 nitrogen and oxygen atoms in total. The Morgan fingerprint density at radius 2 is 1.88 bits per heavy atom. The maximum Gasteiger partial charge on any atom is 0.422 e. The van der Waals surface area contributed by atoms with Crippen molar-refractivity contribution in [3.8, 4) is 5.75 Å². The highest BCUT2D eigenvalue weighted by Crippen LogP contribution is 2.18. The third kappa shape index (κ3) is 6.15. The summed E-state index contributed by atoms with van der Waals surface area (Å²) in [5, 5.41) is 5.11. The van der Waals surface area contributed by atoms with Gasteiger partial charge in [-0.3, -0.25) is 9.59 Å². The number of rotatable bonds is 7. The molecular formula is C17H17F3N2O4. The van der Waals surface area contributed by atoms with Crippen LogP contribution in [0.2, 0.25) is 0 Å². The fourth-order valence-electron chi connectivity index (χ4n) is 1.95. The Hall–Kier alpha value is -2.97. The van der Waals surface area contributed by atoms with Crippen LogP contribution in [0.5, 0.6) is 5.75 Å². The van der Waals surface area contributed by atoms with Gasteiger partial charge in [0.25, 0.3) is 5.91 Å². The Morgan fingerprint density at radius 3 is 2.46 bits per heavy atom. The van der Waals surface area contributed by atoms with Crippen molar-refractivity contribution in [3.05, 3.63) is 54.0 Å². The van der Waals surface area contributed by atoms with Crippen LogP contribution in [0.1, 0.15) is 23.0 Å². The van der Waals surface area contributed by atoms with Crippen molar-refractivity contribution in [1.29, 1.82) is 0 Å². The normalized spacial score (nSPS) is 12.3. The molecule has 0 saturated carbocycles. The lowest BCUT2D eigenvalue weighted by atomic mass is 10.2. The molecule has 0 saturated heterocycles. The van der Waals surface area contributed by atoms with E-state index in [-0.39, 0.29) is 18.1 Å². The van der Waals surface area contributed by atoms with E-state index in [0.717, 1.165) is 0 Å². The van der Waals surface area contributed by atoms with Crippen LogP contribution in [-0.2, 0) is 11.3 Å². The van der Waals surface area contributed by atoms with E-state index in [1.807, 2.05) is 0 Å². The summed E-state index contributed by atoms with van der Waals surface area (Å²) >= 11 is 0. The Morgan fingerprint density at radius 1 is 1.19 bits per heavy atom. The Balaban J connectivity index is 1.78. The summed E-state index contributed by atoms with van der Waals surface area (Å²) < 4.78 is 45.8. The number of furan rings is 1. The number of nitrogens with one attached hydrogen (secondary N) is 2. The Kier molecular flexibility index (Phi) is 6.26. The van der Waals surface area contributed by atoms with Crippen molar-refractivity contribution in [1.82, 2.24) is 10.6 Å². The van der Waals surface area contributed by atoms with Gasteiger partial charge in [0, 0.05) is 6.54 Å². The van der Waals surface area contributed by atoms with Crippen molar-refractivity contribution in [2.45, 2.75) is 25.7 Å². The molecule has 2 aromatic rings. The van der Waals surface area contributed by atoms with Gasteiger partial charge in [-0.05, 0) is 36.8 Å². The van der Waals surface area contributed by atoms with Gasteiger partial charge in [0.2, 0.25) is 5.91 Å². The number of hydrogen-bond acceptors (Lipinski definition) is 4. The second-order valence-electron chi connectivity index (χ2n) is 5.44. The molecular weight excluding hydrogens is 353 g/mol. The third-order valence-electron chi connectivity index (χ3n) is 3.28. The SMILES string of the molecule is CC(NC(=O)c1ccco1)C(=O)NCc1ccc(OCC(F)(F)F)cc1. The lowest BCUT2D eigenvalue weighted by Gasteiger charge is -2.14. The van der Waals surface area contributed by atoms with Crippen molar-refractivity contribution < 1.29 is 31.9 Å². The van der Waals surface area contributed by atoms with Crippen LogP contribution in [0.25, 0.3) is 0 Å². The number of ether oxygens (including phenoxy) is 1. The fourth-order valence-corrected chi connectivity index (χ4v) is 1.95. The van der Waals surface area contributed by atoms with E-state index in [4.69, 9.17) is 4.42 Å². The van der Waals surface area contributed by atoms with Gasteiger partial charge in [-0.2, -0.15) is 13.2 Å². The van der Waals surface area contributed by atoms with Crippen LogP contribution in [0.15, 0.2) is 47.1 Å². The van der Waals surface area contributed by atoms with E-state index in [2.05, 4.69) is 15.4 Å². The average molecular weight is 370 g/mol. The predicted molar refractivity (Wildman–Crippen MR) is 85.5 cm³/mol. The minimum absolute atomic E-state index is 0.0801. The first-order chi connectivity index (χ1) is 12.2. The molecule has 0 aliphatic carbocycles. The largest absolute Gasteiger partial charge is 0.484 e. The summed E-state index contributed by atoms with van der Waals surface area (Å²) in [5.41, 5.74) is 0.669. The maximum absolute atomic E-state index is 12.1. The molecule has 1 aromatic heterocycles. The molecule has 0 spiro atoms. The molecule has 0 fully saturated rings. The molecule has 26 heavy (non-hydrogen) atoms. The van der Waals surface area contributed by atoms with E-state index in [0.29, 0.717) is 5.56 Å². The lowest BCUT2D eigenvalue weighted by Crippen LogP contribution is -2.44. The summed E-state index contributed by atoms with van der Waals surface area (Å²) in [4.78, 5) is 23.8. The summed E-state index contributed by atoms with van der Waals surface area (Å²) in [6.07, 6.45) is -3.05. The van der Waals surface area contributed by atoms with Gasteiger partial charge < -0.3 is 19.8 Å². The molecule has 9 heteroatoms. The Bertz CT molecular complexity index is 727. The number of carbonyl (C=O) groups is 2. The van der Waals surface area contributed by atoms with E-state index >= 15 is 0 Å². The number of alkyl halides is 3. The third-order valence-corrected chi connectivity index (χ3v) is 3.28. The zero-order chi connectivity index (χ0) is 19.2. The summed E-state index contributed by atoms with van der Waals surface area (Å²) in [6, 6.07) is 8.09. The number of amides is 2. The molecule has 0 aliphatic rings. The smallest absolute Gasteiger partial charge is 0.422 e. The molecule has 2 amide bonds. The molecule has 140 valence electrons. The second kappa shape index (κ2) is 8.41. The predicted octanol–water partition coefficient (Wildman–Crippen LogP) is 2.66. The van der Waals surface area contributed by atoms with Gasteiger partial charge in [0.1, 0.15) is 11.8 Å². The van der Waals surface area contributed by atoms with Crippen LogP contribution in [0.4, 0.5) is 13.2 Å². The van der Waals surface area contributed by atoms with Gasteiger partial charge in [0.15, 0.2) is 12.4 Å². The van der Waals surface area contributed by atoms with Gasteiger partial charge in [-0.15, -0.1) is 0 Å². The monoisotopic (exact) mass is 370 g/mol. The topological polar surface area (TPSA) is 80.6 Å². The molecule has 1 atom stereocenters. The minimum Gasteiger partial charge on any atom is -0.484 e. The number of halogens is 3. The molecule has 0 radical (unpaired) electrons. The molecule has 1 unspecified atom stereocenters. The highest BCUT2D eigenvalue weighted by Gasteiger charge is 2.28. The molecule has 2 rings (SSSR count). The fraction of sp³-hybridized carbons (Fsp3) is 0.294. The van der Waals surface area contributed by atoms with Crippen molar-refractivity contribution in [2.75, 3.05) is 6.61 Å². The molecule has 0 aliphatic heterocycles. The zero-order valence-electron chi connectivity index (χ0n) is 13.8. The zero-order valence-corrected chi connectivity index (χ0v) is 13.8. The van der Waals surface area contributed by atoms with E-state index < -0.39 is 30.6 Å². The molecule has 2 N–H and O–H groups in total. The first-order valence-electron chi connectivity index (χ1n) is 7.65. The van der Waals surface area contributed by atoms with Gasteiger partial charge in [-0.1, -0.05) is 12.1 Å². The van der Waals surface area contributed by atoms with Crippen LogP contribution >= 0.6 is 0 Å². The summed E-state index contributed by atoms with van der Waals surface area (Å²) in [5.74, 6) is -0.748. The first kappa shape index (κ1) is 19.4. The Labute approximate surface area is 147 Å². The van der Waals surface area contributed by atoms with Gasteiger partial charge in [-0.25, -0.2) is 0 Å². The average Bonchev–Trinajstić information content (AvgIpc) is 3.12. The lowest BCUT2D eigenvalue weighted by molar-refractivity contribution is -0.153. The van der Waals surface area contributed by atoms with Crippen LogP contribution in [0, 0.1) is 0 Å². The van der Waals surface area contributed by atoms with Crippen molar-refractivity contribution in [2.24, 2.45) is 0 Å². The molecule has 1 heterocycles.